The second-order valence-electron chi connectivity index (χ2n) is 21.8. The molecule has 6 atom stereocenters. The molecule has 0 fully saturated rings. The van der Waals surface area contributed by atoms with Crippen molar-refractivity contribution in [2.24, 2.45) is 51.6 Å². The normalized spacial score (nSPS) is 14.6. The second kappa shape index (κ2) is 30.5. The van der Waals surface area contributed by atoms with Crippen LogP contribution < -0.4 is 67.6 Å². The largest absolute Gasteiger partial charge is 0.508 e. The van der Waals surface area contributed by atoms with Gasteiger partial charge in [0.05, 0.1) is 18.1 Å². The van der Waals surface area contributed by atoms with Gasteiger partial charge in [0.25, 0.3) is 17.7 Å². The number of nitrogens with one attached hydrogen (secondary N) is 3. The van der Waals surface area contributed by atoms with Crippen molar-refractivity contribution in [1.29, 1.82) is 0 Å². The van der Waals surface area contributed by atoms with Crippen molar-refractivity contribution < 1.29 is 44.1 Å². The first-order chi connectivity index (χ1) is 40.5. The summed E-state index contributed by atoms with van der Waals surface area (Å²) >= 11 is 0. The Balaban J connectivity index is 1.30. The van der Waals surface area contributed by atoms with Crippen LogP contribution in [0, 0.1) is 0 Å². The molecule has 0 bridgehead atoms. The summed E-state index contributed by atoms with van der Waals surface area (Å²) in [5, 5.41) is 37.8. The minimum atomic E-state index is -2.02. The van der Waals surface area contributed by atoms with Crippen molar-refractivity contribution in [2.75, 3.05) is 35.6 Å². The van der Waals surface area contributed by atoms with Gasteiger partial charge in [0.1, 0.15) is 17.2 Å². The molecule has 0 aliphatic carbocycles. The number of amides is 3. The summed E-state index contributed by atoms with van der Waals surface area (Å²) in [5.74, 6) is -4.72. The molecule has 6 aromatic carbocycles. The van der Waals surface area contributed by atoms with Gasteiger partial charge in [0.15, 0.2) is 34.0 Å². The van der Waals surface area contributed by atoms with Gasteiger partial charge < -0.3 is 82.9 Å². The molecule has 0 unspecified atom stereocenters. The zero-order valence-corrected chi connectivity index (χ0v) is 47.8. The number of nitrogens with two attached hydrogens (primary N) is 9. The molecule has 3 amide bonds. The molecule has 6 rings (SSSR count). The SMILES string of the molecule is NCCCC[C@@](N)(C(=O)Nc1ccc(C(c2ccc(NC(=O)[C@](N)(CCCCN)C(=O)[C@H](N)Cc3ccc(O)cc3)cc2)c2ccc(NC(=O)[C@](N)(CCCCN)C(=O)[C@H](N)Cc3ccc(O)cc3)cc2)cc1)C(=O)[C@H](N)Cc1ccc(O)cc1. The molecule has 0 saturated heterocycles. The zero-order valence-electron chi connectivity index (χ0n) is 47.8. The fourth-order valence-corrected chi connectivity index (χ4v) is 10.2. The Kier molecular flexibility index (Phi) is 23.7. The zero-order chi connectivity index (χ0) is 61.9. The van der Waals surface area contributed by atoms with E-state index in [0.717, 1.165) is 0 Å². The lowest BCUT2D eigenvalue weighted by atomic mass is 9.82. The summed E-state index contributed by atoms with van der Waals surface area (Å²) in [6.45, 7) is 0.949. The van der Waals surface area contributed by atoms with Crippen molar-refractivity contribution in [3.05, 3.63) is 179 Å². The van der Waals surface area contributed by atoms with Crippen molar-refractivity contribution in [1.82, 2.24) is 0 Å². The fraction of sp³-hybridized carbons (Fsp3) is 0.344. The van der Waals surface area contributed by atoms with Crippen LogP contribution in [0.5, 0.6) is 17.2 Å². The monoisotopic (exact) mass is 1160 g/mol. The number of ketones is 3. The minimum Gasteiger partial charge on any atom is -0.508 e. The number of aromatic hydroxyl groups is 3. The molecule has 85 heavy (non-hydrogen) atoms. The predicted octanol–water partition coefficient (Wildman–Crippen LogP) is 3.70. The fourth-order valence-electron chi connectivity index (χ4n) is 10.2. The molecular weight excluding hydrogens is 1080 g/mol. The molecule has 0 saturated carbocycles. The van der Waals surface area contributed by atoms with E-state index in [0.29, 0.717) is 109 Å². The number of unbranched alkanes of at least 4 members (excludes halogenated alkanes) is 3. The number of hydrogen-bond donors (Lipinski definition) is 15. The Bertz CT molecular complexity index is 2850. The molecule has 0 spiro atoms. The third-order valence-electron chi connectivity index (χ3n) is 15.3. The van der Waals surface area contributed by atoms with Crippen molar-refractivity contribution in [2.45, 2.75) is 118 Å². The van der Waals surface area contributed by atoms with Crippen LogP contribution in [0.15, 0.2) is 146 Å². The van der Waals surface area contributed by atoms with Crippen molar-refractivity contribution in [3.8, 4) is 17.2 Å². The maximum atomic E-state index is 14.2. The van der Waals surface area contributed by atoms with Crippen molar-refractivity contribution in [3.63, 3.8) is 0 Å². The smallest absolute Gasteiger partial charge is 0.252 e. The number of Topliss-reactive ketones (excluding diaryl/α,β-unsaturated/α-hetero) is 3. The Morgan fingerprint density at radius 3 is 0.788 bits per heavy atom. The van der Waals surface area contributed by atoms with Gasteiger partial charge in [-0.1, -0.05) is 72.8 Å². The lowest BCUT2D eigenvalue weighted by Gasteiger charge is -2.30. The lowest BCUT2D eigenvalue weighted by Crippen LogP contribution is -2.62. The summed E-state index contributed by atoms with van der Waals surface area (Å²) in [6, 6.07) is 35.9. The number of benzene rings is 6. The van der Waals surface area contributed by atoms with Gasteiger partial charge in [0.2, 0.25) is 0 Å². The van der Waals surface area contributed by atoms with E-state index in [1.54, 1.807) is 109 Å². The Morgan fingerprint density at radius 2 is 0.576 bits per heavy atom. The maximum Gasteiger partial charge on any atom is 0.252 e. The summed E-state index contributed by atoms with van der Waals surface area (Å²) in [7, 11) is 0. The molecule has 6 aromatic rings. The van der Waals surface area contributed by atoms with E-state index >= 15 is 0 Å². The standard InChI is InChI=1S/C64H82N12O9/c65-34-4-1-31-62(71,56(80)52(68)37-40-7-25-49(77)26-8-40)59(83)74-46-19-13-43(14-20-46)55(44-15-21-47(22-16-44)75-60(84)63(72,32-2-5-35-66)57(81)53(69)38-41-9-27-50(78)28-10-41)45-17-23-48(24-18-45)76-61(85)64(73,33-3-6-36-67)58(82)54(70)39-42-11-29-51(79)30-12-42/h7-30,52-55,77-79H,1-6,31-39,65-73H2,(H,74,83)(H,75,84)(H,76,85)/t52-,53-,54-,62+,63+,64+/m1/s1. The predicted molar refractivity (Wildman–Crippen MR) is 330 cm³/mol. The van der Waals surface area contributed by atoms with Crippen LogP contribution in [0.3, 0.4) is 0 Å². The average Bonchev–Trinajstić information content (AvgIpc) is 3.68. The van der Waals surface area contributed by atoms with Gasteiger partial charge >= 0.3 is 0 Å². The van der Waals surface area contributed by atoms with E-state index in [1.165, 1.54) is 36.4 Å². The summed E-state index contributed by atoms with van der Waals surface area (Å²) in [6.07, 6.45) is 2.76. The molecular formula is C64H82N12O9. The second-order valence-corrected chi connectivity index (χ2v) is 21.8. The first kappa shape index (κ1) is 65.9. The number of phenolic OH excluding ortho intramolecular Hbond substituents is 3. The van der Waals surface area contributed by atoms with Gasteiger partial charge in [-0.05, 0) is 203 Å². The molecule has 0 radical (unpaired) electrons. The Labute approximate surface area is 495 Å². The highest BCUT2D eigenvalue weighted by Crippen LogP contribution is 2.35. The van der Waals surface area contributed by atoms with Crippen LogP contribution in [0.4, 0.5) is 17.1 Å². The van der Waals surface area contributed by atoms with Crippen molar-refractivity contribution >= 4 is 52.1 Å². The number of carbonyl (C=O) groups excluding carboxylic acids is 6. The Hall–Kier alpha value is -8.22. The van der Waals surface area contributed by atoms with Gasteiger partial charge in [-0.3, -0.25) is 28.8 Å². The van der Waals surface area contributed by atoms with Gasteiger partial charge in [-0.15, -0.1) is 0 Å². The lowest BCUT2D eigenvalue weighted by molar-refractivity contribution is -0.135. The van der Waals surface area contributed by atoms with Gasteiger partial charge in [0, 0.05) is 23.0 Å². The number of anilines is 3. The van der Waals surface area contributed by atoms with E-state index in [-0.39, 0.29) is 55.8 Å². The van der Waals surface area contributed by atoms with E-state index in [1.807, 2.05) is 0 Å². The molecule has 24 N–H and O–H groups in total. The van der Waals surface area contributed by atoms with E-state index in [2.05, 4.69) is 16.0 Å². The number of hydrogen-bond acceptors (Lipinski definition) is 18. The molecule has 0 aromatic heterocycles. The van der Waals surface area contributed by atoms with Gasteiger partial charge in [-0.2, -0.15) is 0 Å². The summed E-state index contributed by atoms with van der Waals surface area (Å²) in [5.41, 5.74) is 55.8. The third-order valence-corrected chi connectivity index (χ3v) is 15.3. The van der Waals surface area contributed by atoms with E-state index in [4.69, 9.17) is 51.6 Å². The quantitative estimate of drug-likeness (QED) is 0.0159. The molecule has 452 valence electrons. The summed E-state index contributed by atoms with van der Waals surface area (Å²) < 4.78 is 0. The first-order valence-electron chi connectivity index (χ1n) is 28.5. The topological polar surface area (TPSA) is 433 Å². The first-order valence-corrected chi connectivity index (χ1v) is 28.5. The highest BCUT2D eigenvalue weighted by Gasteiger charge is 2.46. The minimum absolute atomic E-state index is 0.0258. The van der Waals surface area contributed by atoms with Crippen LogP contribution in [0.1, 0.15) is 97.1 Å². The highest BCUT2D eigenvalue weighted by atomic mass is 16.3. The van der Waals surface area contributed by atoms with E-state index < -0.39 is 75.7 Å². The number of rotatable bonds is 33. The van der Waals surface area contributed by atoms with Crippen LogP contribution in [-0.2, 0) is 48.0 Å². The molecule has 0 aliphatic heterocycles. The third kappa shape index (κ3) is 17.4. The summed E-state index contributed by atoms with van der Waals surface area (Å²) in [4.78, 5) is 84.7. The highest BCUT2D eigenvalue weighted by molar-refractivity contribution is 6.18. The number of carbonyl (C=O) groups is 6. The van der Waals surface area contributed by atoms with Crippen LogP contribution in [-0.4, -0.2) is 105 Å². The molecule has 0 heterocycles. The number of phenols is 3. The van der Waals surface area contributed by atoms with Crippen LogP contribution in [0.25, 0.3) is 0 Å². The molecule has 0 aliphatic rings. The average molecular weight is 1160 g/mol. The van der Waals surface area contributed by atoms with Crippen LogP contribution in [0.2, 0.25) is 0 Å². The Morgan fingerprint density at radius 1 is 0.353 bits per heavy atom. The van der Waals surface area contributed by atoms with E-state index in [9.17, 15) is 44.1 Å². The molecule has 21 nitrogen and oxygen atoms in total. The maximum absolute atomic E-state index is 14.2. The van der Waals surface area contributed by atoms with Crippen LogP contribution >= 0.6 is 0 Å². The van der Waals surface area contributed by atoms with Gasteiger partial charge in [-0.25, -0.2) is 0 Å². The molecule has 21 heteroatoms.